The molecule has 24 heavy (non-hydrogen) atoms. The van der Waals surface area contributed by atoms with E-state index in [0.717, 1.165) is 17.2 Å². The van der Waals surface area contributed by atoms with Crippen molar-refractivity contribution >= 4 is 20.9 Å². The summed E-state index contributed by atoms with van der Waals surface area (Å²) >= 11 is 0. The van der Waals surface area contributed by atoms with E-state index in [0.29, 0.717) is 0 Å². The van der Waals surface area contributed by atoms with Gasteiger partial charge in [-0.3, -0.25) is 0 Å². The van der Waals surface area contributed by atoms with Crippen molar-refractivity contribution in [1.82, 2.24) is 0 Å². The summed E-state index contributed by atoms with van der Waals surface area (Å²) in [6.45, 7) is 2.24. The summed E-state index contributed by atoms with van der Waals surface area (Å²) in [7, 11) is -4.38. The first-order chi connectivity index (χ1) is 11.5. The van der Waals surface area contributed by atoms with E-state index in [1.54, 1.807) is 6.07 Å². The van der Waals surface area contributed by atoms with E-state index in [4.69, 9.17) is 0 Å². The SMILES string of the molecule is CCCCCCCCCCc1ccc2cc(S(=O)(=O)[O-])ccc2c1. The monoisotopic (exact) mass is 347 g/mol. The normalized spacial score (nSPS) is 11.9. The Morgan fingerprint density at radius 2 is 1.38 bits per heavy atom. The Morgan fingerprint density at radius 1 is 0.792 bits per heavy atom. The van der Waals surface area contributed by atoms with Gasteiger partial charge in [0.2, 0.25) is 0 Å². The topological polar surface area (TPSA) is 57.2 Å². The summed E-state index contributed by atoms with van der Waals surface area (Å²) in [6.07, 6.45) is 11.5. The smallest absolute Gasteiger partial charge is 0.124 e. The third kappa shape index (κ3) is 5.91. The van der Waals surface area contributed by atoms with Crippen molar-refractivity contribution in [3.63, 3.8) is 0 Å². The lowest BCUT2D eigenvalue weighted by atomic mass is 10.0. The van der Waals surface area contributed by atoms with Crippen molar-refractivity contribution in [3.05, 3.63) is 42.0 Å². The molecule has 0 saturated carbocycles. The van der Waals surface area contributed by atoms with Crippen LogP contribution in [0.5, 0.6) is 0 Å². The molecular formula is C20H27O3S-. The zero-order valence-corrected chi connectivity index (χ0v) is 15.3. The molecule has 0 bridgehead atoms. The number of fused-ring (bicyclic) bond motifs is 1. The second kappa shape index (κ2) is 9.19. The molecule has 0 aliphatic rings. The van der Waals surface area contributed by atoms with Crippen LogP contribution in [-0.2, 0) is 16.5 Å². The Kier molecular flexibility index (Phi) is 7.25. The second-order valence-corrected chi connectivity index (χ2v) is 7.90. The average molecular weight is 348 g/mol. The predicted molar refractivity (Wildman–Crippen MR) is 98.2 cm³/mol. The van der Waals surface area contributed by atoms with Crippen LogP contribution in [0.25, 0.3) is 10.8 Å². The Bertz CT molecular complexity index is 751. The van der Waals surface area contributed by atoms with Crippen molar-refractivity contribution in [2.45, 2.75) is 69.6 Å². The molecule has 0 atom stereocenters. The van der Waals surface area contributed by atoms with Gasteiger partial charge in [0.1, 0.15) is 10.1 Å². The molecule has 2 rings (SSSR count). The summed E-state index contributed by atoms with van der Waals surface area (Å²) in [5, 5.41) is 1.78. The lowest BCUT2D eigenvalue weighted by Crippen LogP contribution is -1.98. The lowest BCUT2D eigenvalue weighted by Gasteiger charge is -2.09. The van der Waals surface area contributed by atoms with Crippen molar-refractivity contribution in [3.8, 4) is 0 Å². The van der Waals surface area contributed by atoms with Crippen LogP contribution in [0.1, 0.15) is 63.9 Å². The largest absolute Gasteiger partial charge is 0.744 e. The molecule has 0 aromatic heterocycles. The molecule has 4 heteroatoms. The van der Waals surface area contributed by atoms with Crippen molar-refractivity contribution in [2.75, 3.05) is 0 Å². The van der Waals surface area contributed by atoms with Gasteiger partial charge in [-0.2, -0.15) is 0 Å². The van der Waals surface area contributed by atoms with E-state index < -0.39 is 10.1 Å². The Labute approximate surface area is 145 Å². The first kappa shape index (κ1) is 18.9. The lowest BCUT2D eigenvalue weighted by molar-refractivity contribution is 0.463. The number of hydrogen-bond donors (Lipinski definition) is 0. The van der Waals surface area contributed by atoms with Gasteiger partial charge < -0.3 is 4.55 Å². The molecule has 0 aliphatic heterocycles. The highest BCUT2D eigenvalue weighted by Crippen LogP contribution is 2.21. The van der Waals surface area contributed by atoms with Crippen LogP contribution in [0.15, 0.2) is 41.3 Å². The second-order valence-electron chi connectivity index (χ2n) is 6.52. The highest BCUT2D eigenvalue weighted by atomic mass is 32.2. The van der Waals surface area contributed by atoms with Crippen molar-refractivity contribution in [2.24, 2.45) is 0 Å². The van der Waals surface area contributed by atoms with Crippen LogP contribution in [0, 0.1) is 0 Å². The molecule has 0 N–H and O–H groups in total. The van der Waals surface area contributed by atoms with Crippen LogP contribution in [0.3, 0.4) is 0 Å². The van der Waals surface area contributed by atoms with Crippen molar-refractivity contribution < 1.29 is 13.0 Å². The maximum Gasteiger partial charge on any atom is 0.124 e. The zero-order valence-electron chi connectivity index (χ0n) is 14.5. The molecule has 0 amide bonds. The molecule has 3 nitrogen and oxygen atoms in total. The third-order valence-electron chi connectivity index (χ3n) is 4.48. The van der Waals surface area contributed by atoms with E-state index in [9.17, 15) is 13.0 Å². The summed E-state index contributed by atoms with van der Waals surface area (Å²) in [5.74, 6) is 0. The first-order valence-corrected chi connectivity index (χ1v) is 10.4. The Hall–Kier alpha value is -1.39. The van der Waals surface area contributed by atoms with Crippen LogP contribution in [0.2, 0.25) is 0 Å². The van der Waals surface area contributed by atoms with Crippen LogP contribution < -0.4 is 0 Å². The van der Waals surface area contributed by atoms with Gasteiger partial charge >= 0.3 is 0 Å². The van der Waals surface area contributed by atoms with Gasteiger partial charge in [-0.15, -0.1) is 0 Å². The summed E-state index contributed by atoms with van der Waals surface area (Å²) in [5.41, 5.74) is 1.27. The van der Waals surface area contributed by atoms with Gasteiger partial charge in [-0.25, -0.2) is 8.42 Å². The Morgan fingerprint density at radius 3 is 2.04 bits per heavy atom. The summed E-state index contributed by atoms with van der Waals surface area (Å²) in [6, 6.07) is 10.6. The maximum absolute atomic E-state index is 11.1. The molecule has 0 heterocycles. The maximum atomic E-state index is 11.1. The number of unbranched alkanes of at least 4 members (excludes halogenated alkanes) is 7. The predicted octanol–water partition coefficient (Wildman–Crippen LogP) is 5.43. The van der Waals surface area contributed by atoms with E-state index >= 15 is 0 Å². The van der Waals surface area contributed by atoms with Gasteiger partial charge in [-0.05, 0) is 41.3 Å². The number of hydrogen-bond acceptors (Lipinski definition) is 3. The van der Waals surface area contributed by atoms with Gasteiger partial charge in [0.05, 0.1) is 4.90 Å². The molecule has 132 valence electrons. The number of aryl methyl sites for hydroxylation is 1. The summed E-state index contributed by atoms with van der Waals surface area (Å²) < 4.78 is 33.2. The van der Waals surface area contributed by atoms with E-state index in [1.807, 2.05) is 12.1 Å². The van der Waals surface area contributed by atoms with Gasteiger partial charge in [0, 0.05) is 0 Å². The molecule has 0 saturated heterocycles. The van der Waals surface area contributed by atoms with Crippen LogP contribution in [-0.4, -0.2) is 13.0 Å². The van der Waals surface area contributed by atoms with Crippen LogP contribution in [0.4, 0.5) is 0 Å². The molecule has 2 aromatic carbocycles. The standard InChI is InChI=1S/C20H28O3S/c1-2-3-4-5-6-7-8-9-10-17-11-12-19-16-20(24(21,22)23)14-13-18(19)15-17/h11-16H,2-10H2,1H3,(H,21,22,23)/p-1. The fourth-order valence-electron chi connectivity index (χ4n) is 3.05. The highest BCUT2D eigenvalue weighted by Gasteiger charge is 2.03. The van der Waals surface area contributed by atoms with E-state index in [1.165, 1.54) is 69.1 Å². The highest BCUT2D eigenvalue weighted by molar-refractivity contribution is 7.85. The van der Waals surface area contributed by atoms with Crippen molar-refractivity contribution in [1.29, 1.82) is 0 Å². The molecule has 2 aromatic rings. The summed E-state index contributed by atoms with van der Waals surface area (Å²) in [4.78, 5) is -0.161. The minimum Gasteiger partial charge on any atom is -0.744 e. The molecule has 0 aliphatic carbocycles. The van der Waals surface area contributed by atoms with E-state index in [2.05, 4.69) is 13.0 Å². The number of benzene rings is 2. The molecule has 0 fully saturated rings. The van der Waals surface area contributed by atoms with Gasteiger partial charge in [0.25, 0.3) is 0 Å². The molecular weight excluding hydrogens is 320 g/mol. The average Bonchev–Trinajstić information content (AvgIpc) is 2.56. The minimum atomic E-state index is -4.38. The third-order valence-corrected chi connectivity index (χ3v) is 5.32. The first-order valence-electron chi connectivity index (χ1n) is 8.99. The Balaban J connectivity index is 1.83. The fourth-order valence-corrected chi connectivity index (χ4v) is 3.55. The van der Waals surface area contributed by atoms with E-state index in [-0.39, 0.29) is 4.90 Å². The minimum absolute atomic E-state index is 0.161. The molecule has 0 spiro atoms. The zero-order chi connectivity index (χ0) is 17.4. The quantitative estimate of drug-likeness (QED) is 0.425. The van der Waals surface area contributed by atoms with Gasteiger partial charge in [-0.1, -0.05) is 76.1 Å². The molecule has 0 unspecified atom stereocenters. The van der Waals surface area contributed by atoms with Gasteiger partial charge in [0.15, 0.2) is 0 Å². The molecule has 0 radical (unpaired) electrons. The fraction of sp³-hybridized carbons (Fsp3) is 0.500. The van der Waals surface area contributed by atoms with Crippen LogP contribution >= 0.6 is 0 Å². The number of rotatable bonds is 10.